The molecular formula is C40H40O6. The molecule has 1 N–H and O–H groups in total. The number of rotatable bonds is 13. The molecule has 5 aromatic rings. The van der Waals surface area contributed by atoms with Gasteiger partial charge in [0.1, 0.15) is 42.5 Å². The lowest BCUT2D eigenvalue weighted by Gasteiger charge is -2.45. The molecule has 0 saturated carbocycles. The maximum atomic E-state index is 11.4. The molecule has 0 amide bonds. The highest BCUT2D eigenvalue weighted by Crippen LogP contribution is 2.42. The van der Waals surface area contributed by atoms with E-state index in [-0.39, 0.29) is 11.9 Å². The Bertz CT molecular complexity index is 1610. The van der Waals surface area contributed by atoms with Gasteiger partial charge in [0, 0.05) is 11.6 Å². The third-order valence-corrected chi connectivity index (χ3v) is 8.18. The molecule has 0 radical (unpaired) electrons. The van der Waals surface area contributed by atoms with Crippen molar-refractivity contribution in [2.24, 2.45) is 0 Å². The predicted molar refractivity (Wildman–Crippen MR) is 177 cm³/mol. The number of hydrogen-bond donors (Lipinski definition) is 1. The SMILES string of the molecule is C[C@@H]1O[C@H](c2ccc(OCc3ccccc3)cc2O)[C@@H](OCc2ccccc2)[C@H](OCc2ccccc2)[C@@H]1OCc1ccccc1. The Morgan fingerprint density at radius 3 is 1.43 bits per heavy atom. The summed E-state index contributed by atoms with van der Waals surface area (Å²) < 4.78 is 32.6. The van der Waals surface area contributed by atoms with Crippen LogP contribution in [0.25, 0.3) is 0 Å². The Labute approximate surface area is 271 Å². The largest absolute Gasteiger partial charge is 0.507 e. The van der Waals surface area contributed by atoms with Crippen molar-refractivity contribution in [3.05, 3.63) is 167 Å². The Morgan fingerprint density at radius 2 is 0.957 bits per heavy atom. The number of benzene rings is 5. The van der Waals surface area contributed by atoms with E-state index in [4.69, 9.17) is 23.7 Å². The van der Waals surface area contributed by atoms with Crippen molar-refractivity contribution in [3.8, 4) is 11.5 Å². The van der Waals surface area contributed by atoms with E-state index in [1.807, 2.05) is 140 Å². The third-order valence-electron chi connectivity index (χ3n) is 8.18. The minimum atomic E-state index is -0.626. The highest BCUT2D eigenvalue weighted by atomic mass is 16.6. The molecule has 1 saturated heterocycles. The zero-order valence-corrected chi connectivity index (χ0v) is 26.0. The first kappa shape index (κ1) is 31.5. The van der Waals surface area contributed by atoms with Gasteiger partial charge in [-0.2, -0.15) is 0 Å². The molecule has 0 aromatic heterocycles. The van der Waals surface area contributed by atoms with Gasteiger partial charge in [-0.3, -0.25) is 0 Å². The van der Waals surface area contributed by atoms with Crippen molar-refractivity contribution in [1.82, 2.24) is 0 Å². The van der Waals surface area contributed by atoms with Crippen LogP contribution in [0.1, 0.15) is 40.8 Å². The summed E-state index contributed by atoms with van der Waals surface area (Å²) in [5.41, 5.74) is 4.78. The fourth-order valence-electron chi connectivity index (χ4n) is 5.76. The minimum Gasteiger partial charge on any atom is -0.507 e. The smallest absolute Gasteiger partial charge is 0.125 e. The number of phenolic OH excluding ortho intramolecular Hbond substituents is 1. The molecular weight excluding hydrogens is 576 g/mol. The van der Waals surface area contributed by atoms with Crippen molar-refractivity contribution < 1.29 is 28.8 Å². The molecule has 1 fully saturated rings. The van der Waals surface area contributed by atoms with E-state index in [1.54, 1.807) is 6.07 Å². The topological polar surface area (TPSA) is 66.4 Å². The van der Waals surface area contributed by atoms with Crippen LogP contribution in [0, 0.1) is 0 Å². The molecule has 0 bridgehead atoms. The molecule has 46 heavy (non-hydrogen) atoms. The van der Waals surface area contributed by atoms with Crippen LogP contribution in [0.15, 0.2) is 140 Å². The number of hydrogen-bond acceptors (Lipinski definition) is 6. The summed E-state index contributed by atoms with van der Waals surface area (Å²) in [7, 11) is 0. The summed E-state index contributed by atoms with van der Waals surface area (Å²) in [5.74, 6) is 0.637. The molecule has 0 spiro atoms. The van der Waals surface area contributed by atoms with Crippen molar-refractivity contribution in [1.29, 1.82) is 0 Å². The molecule has 1 aliphatic rings. The van der Waals surface area contributed by atoms with Gasteiger partial charge in [0.05, 0.1) is 25.9 Å². The van der Waals surface area contributed by atoms with E-state index in [0.29, 0.717) is 37.7 Å². The molecule has 0 unspecified atom stereocenters. The monoisotopic (exact) mass is 616 g/mol. The highest BCUT2D eigenvalue weighted by Gasteiger charge is 2.48. The predicted octanol–water partition coefficient (Wildman–Crippen LogP) is 8.19. The van der Waals surface area contributed by atoms with Crippen LogP contribution >= 0.6 is 0 Å². The zero-order chi connectivity index (χ0) is 31.6. The van der Waals surface area contributed by atoms with Gasteiger partial charge in [-0.05, 0) is 41.3 Å². The third kappa shape index (κ3) is 8.22. The van der Waals surface area contributed by atoms with Crippen LogP contribution in [0.3, 0.4) is 0 Å². The van der Waals surface area contributed by atoms with Crippen molar-refractivity contribution in [2.75, 3.05) is 0 Å². The molecule has 5 atom stereocenters. The van der Waals surface area contributed by atoms with Crippen LogP contribution in [-0.2, 0) is 45.4 Å². The number of aromatic hydroxyl groups is 1. The van der Waals surface area contributed by atoms with Gasteiger partial charge in [0.15, 0.2) is 0 Å². The fourth-order valence-corrected chi connectivity index (χ4v) is 5.76. The van der Waals surface area contributed by atoms with Gasteiger partial charge < -0.3 is 28.8 Å². The summed E-state index contributed by atoms with van der Waals surface area (Å²) in [5, 5.41) is 11.4. The molecule has 6 heteroatoms. The molecule has 1 heterocycles. The number of ether oxygens (including phenoxy) is 5. The fraction of sp³-hybridized carbons (Fsp3) is 0.250. The Kier molecular flexibility index (Phi) is 10.8. The molecule has 236 valence electrons. The standard InChI is InChI=1S/C40H40O6/c1-29-37(43-26-31-16-8-3-9-17-31)39(44-27-32-18-10-4-11-19-32)40(45-28-33-20-12-5-13-21-33)38(46-29)35-23-22-34(24-36(35)41)42-25-30-14-6-2-7-15-30/h2-24,29,37-41H,25-28H2,1H3/t29-,37+,38+,39+,40+/m0/s1. The minimum absolute atomic E-state index is 0.0709. The van der Waals surface area contributed by atoms with Gasteiger partial charge in [-0.15, -0.1) is 0 Å². The average molecular weight is 617 g/mol. The van der Waals surface area contributed by atoms with E-state index < -0.39 is 24.4 Å². The van der Waals surface area contributed by atoms with Crippen LogP contribution in [-0.4, -0.2) is 29.5 Å². The first-order valence-corrected chi connectivity index (χ1v) is 15.8. The van der Waals surface area contributed by atoms with Crippen molar-refractivity contribution in [3.63, 3.8) is 0 Å². The van der Waals surface area contributed by atoms with Crippen LogP contribution in [0.5, 0.6) is 11.5 Å². The zero-order valence-electron chi connectivity index (χ0n) is 26.0. The number of phenols is 1. The lowest BCUT2D eigenvalue weighted by Crippen LogP contribution is -2.56. The van der Waals surface area contributed by atoms with Crippen LogP contribution in [0.2, 0.25) is 0 Å². The quantitative estimate of drug-likeness (QED) is 0.144. The van der Waals surface area contributed by atoms with Gasteiger partial charge in [0.25, 0.3) is 0 Å². The Balaban J connectivity index is 1.29. The van der Waals surface area contributed by atoms with Crippen LogP contribution < -0.4 is 4.74 Å². The lowest BCUT2D eigenvalue weighted by atomic mass is 9.90. The molecule has 1 aliphatic heterocycles. The van der Waals surface area contributed by atoms with E-state index in [1.165, 1.54) is 0 Å². The molecule has 0 aliphatic carbocycles. The summed E-state index contributed by atoms with van der Waals surface area (Å²) >= 11 is 0. The van der Waals surface area contributed by atoms with Gasteiger partial charge in [-0.25, -0.2) is 0 Å². The molecule has 6 rings (SSSR count). The average Bonchev–Trinajstić information content (AvgIpc) is 3.10. The summed E-state index contributed by atoms with van der Waals surface area (Å²) in [6.45, 7) is 3.51. The summed E-state index contributed by atoms with van der Waals surface area (Å²) in [4.78, 5) is 0. The van der Waals surface area contributed by atoms with Gasteiger partial charge in [-0.1, -0.05) is 121 Å². The maximum Gasteiger partial charge on any atom is 0.125 e. The molecule has 6 nitrogen and oxygen atoms in total. The van der Waals surface area contributed by atoms with Crippen molar-refractivity contribution >= 4 is 0 Å². The van der Waals surface area contributed by atoms with E-state index in [9.17, 15) is 5.11 Å². The van der Waals surface area contributed by atoms with E-state index in [2.05, 4.69) is 0 Å². The summed E-state index contributed by atoms with van der Waals surface area (Å²) in [6, 6.07) is 45.5. The normalized spacial score (nSPS) is 21.1. The first-order valence-electron chi connectivity index (χ1n) is 15.8. The second kappa shape index (κ2) is 15.7. The van der Waals surface area contributed by atoms with Gasteiger partial charge in [0.2, 0.25) is 0 Å². The molecule has 5 aromatic carbocycles. The maximum absolute atomic E-state index is 11.4. The van der Waals surface area contributed by atoms with E-state index >= 15 is 0 Å². The Morgan fingerprint density at radius 1 is 0.522 bits per heavy atom. The van der Waals surface area contributed by atoms with Crippen molar-refractivity contribution in [2.45, 2.75) is 63.9 Å². The second-order valence-electron chi connectivity index (χ2n) is 11.5. The van der Waals surface area contributed by atoms with Gasteiger partial charge >= 0.3 is 0 Å². The van der Waals surface area contributed by atoms with Crippen LogP contribution in [0.4, 0.5) is 0 Å². The summed E-state index contributed by atoms with van der Waals surface area (Å²) in [6.07, 6.45) is -2.52. The highest BCUT2D eigenvalue weighted by molar-refractivity contribution is 5.42. The second-order valence-corrected chi connectivity index (χ2v) is 11.5. The first-order chi connectivity index (χ1) is 22.6. The Hall–Kier alpha value is -4.46. The lowest BCUT2D eigenvalue weighted by molar-refractivity contribution is -0.264. The van der Waals surface area contributed by atoms with E-state index in [0.717, 1.165) is 22.3 Å².